The van der Waals surface area contributed by atoms with Gasteiger partial charge in [0.15, 0.2) is 0 Å². The summed E-state index contributed by atoms with van der Waals surface area (Å²) in [7, 11) is 0. The van der Waals surface area contributed by atoms with Crippen LogP contribution in [0, 0.1) is 17.0 Å². The van der Waals surface area contributed by atoms with Crippen LogP contribution >= 0.6 is 11.6 Å². The quantitative estimate of drug-likeness (QED) is 0.373. The predicted octanol–water partition coefficient (Wildman–Crippen LogP) is 3.25. The lowest BCUT2D eigenvalue weighted by molar-refractivity contribution is -0.384. The first-order chi connectivity index (χ1) is 8.47. The van der Waals surface area contributed by atoms with Crippen molar-refractivity contribution >= 4 is 23.0 Å². The third kappa shape index (κ3) is 3.45. The molecule has 1 unspecified atom stereocenters. The minimum Gasteiger partial charge on any atom is -0.373 e. The molecule has 0 aromatic heterocycles. The number of hydrogen-bond acceptors (Lipinski definition) is 4. The Morgan fingerprint density at radius 2 is 2.28 bits per heavy atom. The summed E-state index contributed by atoms with van der Waals surface area (Å²) in [5.74, 6) is 0. The first-order valence-corrected chi connectivity index (χ1v) is 5.84. The van der Waals surface area contributed by atoms with Gasteiger partial charge in [-0.1, -0.05) is 23.8 Å². The number of allylic oxidation sites excluding steroid dienone is 1. The number of nitrogens with one attached hydrogen (secondary N) is 1. The third-order valence-electron chi connectivity index (χ3n) is 2.48. The Hall–Kier alpha value is -1.59. The van der Waals surface area contributed by atoms with Gasteiger partial charge in [-0.2, -0.15) is 0 Å². The monoisotopic (exact) mass is 270 g/mol. The van der Waals surface area contributed by atoms with Crippen LogP contribution in [0.4, 0.5) is 11.4 Å². The largest absolute Gasteiger partial charge is 0.373 e. The SMILES string of the molecule is C/C=C/CC(O)Nc1c([N+](=O)[O-])ccc(Cl)c1C. The molecule has 0 saturated heterocycles. The van der Waals surface area contributed by atoms with Crippen molar-refractivity contribution < 1.29 is 10.0 Å². The second-order valence-corrected chi connectivity index (χ2v) is 4.20. The molecule has 1 aromatic carbocycles. The number of benzene rings is 1. The summed E-state index contributed by atoms with van der Waals surface area (Å²) in [4.78, 5) is 10.4. The maximum Gasteiger partial charge on any atom is 0.292 e. The molecule has 0 aliphatic rings. The molecule has 0 aliphatic heterocycles. The molecule has 0 radical (unpaired) electrons. The van der Waals surface area contributed by atoms with Crippen molar-refractivity contribution in [1.82, 2.24) is 0 Å². The fourth-order valence-electron chi connectivity index (χ4n) is 1.50. The number of aliphatic hydroxyl groups is 1. The van der Waals surface area contributed by atoms with Crippen molar-refractivity contribution in [2.75, 3.05) is 5.32 Å². The van der Waals surface area contributed by atoms with Crippen molar-refractivity contribution in [2.24, 2.45) is 0 Å². The zero-order valence-corrected chi connectivity index (χ0v) is 10.9. The normalized spacial score (nSPS) is 12.7. The molecule has 0 heterocycles. The molecule has 0 fully saturated rings. The van der Waals surface area contributed by atoms with Gasteiger partial charge in [0.2, 0.25) is 0 Å². The van der Waals surface area contributed by atoms with Gasteiger partial charge >= 0.3 is 0 Å². The summed E-state index contributed by atoms with van der Waals surface area (Å²) in [5, 5.41) is 23.8. The molecule has 98 valence electrons. The Kier molecular flexibility index (Phi) is 5.12. The van der Waals surface area contributed by atoms with Gasteiger partial charge in [0, 0.05) is 17.5 Å². The van der Waals surface area contributed by atoms with Crippen molar-refractivity contribution in [3.8, 4) is 0 Å². The predicted molar refractivity (Wildman–Crippen MR) is 71.9 cm³/mol. The maximum absolute atomic E-state index is 10.9. The maximum atomic E-state index is 10.9. The lowest BCUT2D eigenvalue weighted by atomic mass is 10.1. The van der Waals surface area contributed by atoms with Gasteiger partial charge in [0.25, 0.3) is 5.69 Å². The average molecular weight is 271 g/mol. The number of rotatable bonds is 5. The van der Waals surface area contributed by atoms with E-state index in [0.717, 1.165) is 0 Å². The summed E-state index contributed by atoms with van der Waals surface area (Å²) in [6, 6.07) is 2.79. The van der Waals surface area contributed by atoms with E-state index in [1.54, 1.807) is 19.1 Å². The summed E-state index contributed by atoms with van der Waals surface area (Å²) in [5.41, 5.74) is 0.700. The van der Waals surface area contributed by atoms with Crippen LogP contribution < -0.4 is 5.32 Å². The minimum atomic E-state index is -0.892. The van der Waals surface area contributed by atoms with Crippen LogP contribution in [-0.2, 0) is 0 Å². The fraction of sp³-hybridized carbons (Fsp3) is 0.333. The molecule has 2 N–H and O–H groups in total. The standard InChI is InChI=1S/C12H15ClN2O3/c1-3-4-5-11(16)14-12-8(2)9(13)6-7-10(12)15(17)18/h3-4,6-7,11,14,16H,5H2,1-2H3/b4-3+. The van der Waals surface area contributed by atoms with Crippen LogP contribution in [0.1, 0.15) is 18.9 Å². The average Bonchev–Trinajstić information content (AvgIpc) is 2.32. The minimum absolute atomic E-state index is 0.101. The molecule has 1 aromatic rings. The van der Waals surface area contributed by atoms with Crippen LogP contribution in [0.2, 0.25) is 5.02 Å². The molecule has 18 heavy (non-hydrogen) atoms. The van der Waals surface area contributed by atoms with Crippen molar-refractivity contribution in [3.05, 3.63) is 45.0 Å². The van der Waals surface area contributed by atoms with Gasteiger partial charge in [-0.05, 0) is 25.5 Å². The molecule has 0 bridgehead atoms. The van der Waals surface area contributed by atoms with Crippen LogP contribution in [0.3, 0.4) is 0 Å². The van der Waals surface area contributed by atoms with E-state index in [-0.39, 0.29) is 11.4 Å². The highest BCUT2D eigenvalue weighted by Crippen LogP contribution is 2.33. The van der Waals surface area contributed by atoms with Gasteiger partial charge in [-0.15, -0.1) is 0 Å². The molecular weight excluding hydrogens is 256 g/mol. The van der Waals surface area contributed by atoms with Crippen LogP contribution in [-0.4, -0.2) is 16.3 Å². The smallest absolute Gasteiger partial charge is 0.292 e. The Bertz CT molecular complexity index is 475. The van der Waals surface area contributed by atoms with E-state index in [2.05, 4.69) is 5.32 Å². The molecule has 5 nitrogen and oxygen atoms in total. The number of nitrogens with zero attached hydrogens (tertiary/aromatic N) is 1. The molecular formula is C12H15ClN2O3. The number of hydrogen-bond donors (Lipinski definition) is 2. The highest BCUT2D eigenvalue weighted by atomic mass is 35.5. The second kappa shape index (κ2) is 6.37. The number of anilines is 1. The summed E-state index contributed by atoms with van der Waals surface area (Å²) < 4.78 is 0. The molecule has 1 atom stereocenters. The molecule has 0 aliphatic carbocycles. The Morgan fingerprint density at radius 1 is 1.61 bits per heavy atom. The zero-order valence-electron chi connectivity index (χ0n) is 10.2. The van der Waals surface area contributed by atoms with E-state index in [9.17, 15) is 15.2 Å². The summed E-state index contributed by atoms with van der Waals surface area (Å²) in [6.45, 7) is 3.50. The van der Waals surface area contributed by atoms with E-state index < -0.39 is 11.2 Å². The first-order valence-electron chi connectivity index (χ1n) is 5.46. The molecule has 6 heteroatoms. The number of halogens is 1. The lowest BCUT2D eigenvalue weighted by Crippen LogP contribution is -2.19. The fourth-order valence-corrected chi connectivity index (χ4v) is 1.65. The number of nitro groups is 1. The van der Waals surface area contributed by atoms with Gasteiger partial charge < -0.3 is 10.4 Å². The Balaban J connectivity index is 3.05. The van der Waals surface area contributed by atoms with Crippen molar-refractivity contribution in [3.63, 3.8) is 0 Å². The van der Waals surface area contributed by atoms with E-state index in [1.807, 2.05) is 6.92 Å². The van der Waals surface area contributed by atoms with E-state index in [0.29, 0.717) is 17.0 Å². The summed E-state index contributed by atoms with van der Waals surface area (Å²) >= 11 is 5.92. The number of nitro benzene ring substituents is 1. The van der Waals surface area contributed by atoms with Gasteiger partial charge in [-0.25, -0.2) is 0 Å². The zero-order chi connectivity index (χ0) is 13.7. The first kappa shape index (κ1) is 14.5. The summed E-state index contributed by atoms with van der Waals surface area (Å²) in [6.07, 6.45) is 3.03. The molecule has 0 saturated carbocycles. The highest BCUT2D eigenvalue weighted by Gasteiger charge is 2.19. The van der Waals surface area contributed by atoms with Crippen molar-refractivity contribution in [2.45, 2.75) is 26.5 Å². The molecule has 0 spiro atoms. The van der Waals surface area contributed by atoms with E-state index >= 15 is 0 Å². The topological polar surface area (TPSA) is 75.4 Å². The lowest BCUT2D eigenvalue weighted by Gasteiger charge is -2.15. The van der Waals surface area contributed by atoms with E-state index in [4.69, 9.17) is 11.6 Å². The number of aliphatic hydroxyl groups excluding tert-OH is 1. The van der Waals surface area contributed by atoms with Crippen LogP contribution in [0.25, 0.3) is 0 Å². The van der Waals surface area contributed by atoms with Crippen molar-refractivity contribution in [1.29, 1.82) is 0 Å². The Morgan fingerprint density at radius 3 is 2.83 bits per heavy atom. The van der Waals surface area contributed by atoms with Gasteiger partial charge in [0.1, 0.15) is 11.9 Å². The molecule has 0 amide bonds. The van der Waals surface area contributed by atoms with Gasteiger partial charge in [-0.3, -0.25) is 10.1 Å². The van der Waals surface area contributed by atoms with Crippen LogP contribution in [0.15, 0.2) is 24.3 Å². The highest BCUT2D eigenvalue weighted by molar-refractivity contribution is 6.31. The van der Waals surface area contributed by atoms with Gasteiger partial charge in [0.05, 0.1) is 4.92 Å². The molecule has 1 rings (SSSR count). The Labute approximate surface area is 110 Å². The second-order valence-electron chi connectivity index (χ2n) is 3.79. The van der Waals surface area contributed by atoms with E-state index in [1.165, 1.54) is 12.1 Å². The van der Waals surface area contributed by atoms with Crippen LogP contribution in [0.5, 0.6) is 0 Å². The third-order valence-corrected chi connectivity index (χ3v) is 2.89.